The second-order valence-corrected chi connectivity index (χ2v) is 10.5. The molecular formula is C29H30O2Si. The van der Waals surface area contributed by atoms with Crippen molar-refractivity contribution in [2.45, 2.75) is 32.8 Å². The van der Waals surface area contributed by atoms with Crippen LogP contribution >= 0.6 is 0 Å². The van der Waals surface area contributed by atoms with Gasteiger partial charge in [-0.2, -0.15) is 0 Å². The molecule has 0 fully saturated rings. The Hall–Kier alpha value is -3.14. The van der Waals surface area contributed by atoms with Crippen LogP contribution in [0.25, 0.3) is 11.1 Å². The molecule has 0 saturated carbocycles. The summed E-state index contributed by atoms with van der Waals surface area (Å²) in [6, 6.07) is 35.4. The predicted octanol–water partition coefficient (Wildman–Crippen LogP) is 5.46. The van der Waals surface area contributed by atoms with Gasteiger partial charge in [0.15, 0.2) is 0 Å². The minimum Gasteiger partial charge on any atom is -0.507 e. The van der Waals surface area contributed by atoms with E-state index in [1.165, 1.54) is 10.4 Å². The molecular weight excluding hydrogens is 408 g/mol. The first kappa shape index (κ1) is 22.1. The minimum absolute atomic E-state index is 0.383. The van der Waals surface area contributed by atoms with Crippen molar-refractivity contribution in [3.05, 3.63) is 114 Å². The topological polar surface area (TPSA) is 29.5 Å². The van der Waals surface area contributed by atoms with Crippen molar-refractivity contribution in [3.8, 4) is 16.9 Å². The quantitative estimate of drug-likeness (QED) is 0.352. The molecule has 0 unspecified atom stereocenters. The van der Waals surface area contributed by atoms with E-state index >= 15 is 0 Å². The van der Waals surface area contributed by atoms with Gasteiger partial charge >= 0.3 is 0 Å². The molecule has 4 aromatic carbocycles. The average molecular weight is 439 g/mol. The van der Waals surface area contributed by atoms with Crippen LogP contribution in [-0.4, -0.2) is 14.1 Å². The summed E-state index contributed by atoms with van der Waals surface area (Å²) >= 11 is 0. The fourth-order valence-electron chi connectivity index (χ4n) is 4.10. The number of phenolic OH excluding ortho intramolecular Hbond substituents is 1. The van der Waals surface area contributed by atoms with Gasteiger partial charge in [-0.05, 0) is 39.9 Å². The van der Waals surface area contributed by atoms with E-state index in [0.29, 0.717) is 12.4 Å². The SMILES string of the molecule is CCCCc1ccc(-c2ccccc2)c(CO[SiH](c2ccccc2)c2ccccc2)c1O. The van der Waals surface area contributed by atoms with Crippen LogP contribution in [0, 0.1) is 0 Å². The molecule has 0 spiro atoms. The number of rotatable bonds is 9. The van der Waals surface area contributed by atoms with Crippen LogP contribution in [0.5, 0.6) is 5.75 Å². The number of phenols is 1. The van der Waals surface area contributed by atoms with Gasteiger partial charge in [0.1, 0.15) is 5.75 Å². The molecule has 0 aliphatic rings. The molecule has 4 aromatic rings. The Morgan fingerprint density at radius 1 is 0.719 bits per heavy atom. The number of aryl methyl sites for hydroxylation is 1. The number of benzene rings is 4. The first-order valence-electron chi connectivity index (χ1n) is 11.4. The van der Waals surface area contributed by atoms with E-state index < -0.39 is 9.04 Å². The molecule has 0 aliphatic heterocycles. The van der Waals surface area contributed by atoms with Gasteiger partial charge in [-0.15, -0.1) is 0 Å². The maximum absolute atomic E-state index is 11.2. The van der Waals surface area contributed by atoms with Crippen molar-refractivity contribution >= 4 is 19.4 Å². The molecule has 2 nitrogen and oxygen atoms in total. The van der Waals surface area contributed by atoms with Crippen LogP contribution in [0.3, 0.4) is 0 Å². The summed E-state index contributed by atoms with van der Waals surface area (Å²) in [5, 5.41) is 13.7. The molecule has 0 heterocycles. The number of unbranched alkanes of at least 4 members (excludes halogenated alkanes) is 1. The van der Waals surface area contributed by atoms with E-state index in [-0.39, 0.29) is 0 Å². The van der Waals surface area contributed by atoms with Gasteiger partial charge in [0.05, 0.1) is 6.61 Å². The third-order valence-corrected chi connectivity index (χ3v) is 8.33. The summed E-state index contributed by atoms with van der Waals surface area (Å²) < 4.78 is 6.68. The van der Waals surface area contributed by atoms with Gasteiger partial charge < -0.3 is 9.53 Å². The molecule has 0 aromatic heterocycles. The largest absolute Gasteiger partial charge is 0.507 e. The first-order chi connectivity index (χ1) is 15.8. The average Bonchev–Trinajstić information content (AvgIpc) is 2.86. The van der Waals surface area contributed by atoms with Crippen LogP contribution in [0.2, 0.25) is 0 Å². The van der Waals surface area contributed by atoms with Gasteiger partial charge in [-0.25, -0.2) is 0 Å². The molecule has 0 radical (unpaired) electrons. The smallest absolute Gasteiger partial charge is 0.240 e. The van der Waals surface area contributed by atoms with Crippen molar-refractivity contribution in [1.29, 1.82) is 0 Å². The molecule has 32 heavy (non-hydrogen) atoms. The number of hydrogen-bond donors (Lipinski definition) is 1. The molecule has 3 heteroatoms. The van der Waals surface area contributed by atoms with Crippen molar-refractivity contribution in [3.63, 3.8) is 0 Å². The maximum atomic E-state index is 11.2. The Kier molecular flexibility index (Phi) is 7.54. The molecule has 0 amide bonds. The lowest BCUT2D eigenvalue weighted by Crippen LogP contribution is -2.44. The predicted molar refractivity (Wildman–Crippen MR) is 136 cm³/mol. The summed E-state index contributed by atoms with van der Waals surface area (Å²) in [4.78, 5) is 0. The fourth-order valence-corrected chi connectivity index (χ4v) is 6.34. The van der Waals surface area contributed by atoms with Crippen LogP contribution in [0.1, 0.15) is 30.9 Å². The monoisotopic (exact) mass is 438 g/mol. The van der Waals surface area contributed by atoms with Crippen molar-refractivity contribution in [2.24, 2.45) is 0 Å². The highest BCUT2D eigenvalue weighted by atomic mass is 28.3. The van der Waals surface area contributed by atoms with Crippen LogP contribution in [0.4, 0.5) is 0 Å². The lowest BCUT2D eigenvalue weighted by Gasteiger charge is -2.20. The molecule has 0 aliphatic carbocycles. The van der Waals surface area contributed by atoms with Crippen molar-refractivity contribution in [2.75, 3.05) is 0 Å². The fraction of sp³-hybridized carbons (Fsp3) is 0.172. The summed E-state index contributed by atoms with van der Waals surface area (Å²) in [5.74, 6) is 0.383. The zero-order chi connectivity index (χ0) is 22.2. The Morgan fingerprint density at radius 3 is 1.84 bits per heavy atom. The number of aromatic hydroxyl groups is 1. The molecule has 1 N–H and O–H groups in total. The van der Waals surface area contributed by atoms with Crippen molar-refractivity contribution in [1.82, 2.24) is 0 Å². The summed E-state index contributed by atoms with van der Waals surface area (Å²) in [5.41, 5.74) is 4.02. The Bertz CT molecular complexity index is 1070. The lowest BCUT2D eigenvalue weighted by molar-refractivity contribution is 0.313. The maximum Gasteiger partial charge on any atom is 0.240 e. The molecule has 0 atom stereocenters. The van der Waals surface area contributed by atoms with Crippen molar-refractivity contribution < 1.29 is 9.53 Å². The van der Waals surface area contributed by atoms with Gasteiger partial charge in [-0.1, -0.05) is 116 Å². The Labute approximate surface area is 192 Å². The number of hydrogen-bond acceptors (Lipinski definition) is 2. The Morgan fingerprint density at radius 2 is 1.28 bits per heavy atom. The molecule has 0 saturated heterocycles. The third kappa shape index (κ3) is 5.18. The lowest BCUT2D eigenvalue weighted by atomic mass is 9.95. The van der Waals surface area contributed by atoms with E-state index in [4.69, 9.17) is 4.43 Å². The van der Waals surface area contributed by atoms with Crippen LogP contribution in [-0.2, 0) is 17.5 Å². The minimum atomic E-state index is -1.90. The van der Waals surface area contributed by atoms with Crippen LogP contribution in [0.15, 0.2) is 103 Å². The van der Waals surface area contributed by atoms with E-state index in [1.807, 2.05) is 30.3 Å². The zero-order valence-corrected chi connectivity index (χ0v) is 19.7. The van der Waals surface area contributed by atoms with Gasteiger partial charge in [0, 0.05) is 5.56 Å². The molecule has 0 bridgehead atoms. The van der Waals surface area contributed by atoms with E-state index in [2.05, 4.69) is 79.7 Å². The zero-order valence-electron chi connectivity index (χ0n) is 18.6. The molecule has 4 rings (SSSR count). The second-order valence-electron chi connectivity index (χ2n) is 8.08. The summed E-state index contributed by atoms with van der Waals surface area (Å²) in [6.45, 7) is 2.56. The van der Waals surface area contributed by atoms with E-state index in [9.17, 15) is 5.11 Å². The third-order valence-electron chi connectivity index (χ3n) is 5.85. The van der Waals surface area contributed by atoms with Gasteiger partial charge in [-0.3, -0.25) is 0 Å². The highest BCUT2D eigenvalue weighted by Gasteiger charge is 2.20. The van der Waals surface area contributed by atoms with Gasteiger partial charge in [0.2, 0.25) is 9.04 Å². The highest BCUT2D eigenvalue weighted by molar-refractivity contribution is 6.80. The van der Waals surface area contributed by atoms with Gasteiger partial charge in [0.25, 0.3) is 0 Å². The highest BCUT2D eigenvalue weighted by Crippen LogP contribution is 2.34. The normalized spacial score (nSPS) is 11.1. The van der Waals surface area contributed by atoms with E-state index in [0.717, 1.165) is 41.5 Å². The molecule has 162 valence electrons. The Balaban J connectivity index is 1.71. The first-order valence-corrected chi connectivity index (χ1v) is 13.0. The van der Waals surface area contributed by atoms with E-state index in [1.54, 1.807) is 0 Å². The summed E-state index contributed by atoms with van der Waals surface area (Å²) in [6.07, 6.45) is 3.04. The standard InChI is InChI=1S/C29H30O2Si/c1-2-3-13-24-20-21-27(23-14-7-4-8-15-23)28(29(24)30)22-31-32(25-16-9-5-10-17-25)26-18-11-6-12-19-26/h4-12,14-21,30,32H,2-3,13,22H2,1H3. The van der Waals surface area contributed by atoms with Crippen LogP contribution < -0.4 is 10.4 Å². The second kappa shape index (κ2) is 10.9. The summed E-state index contributed by atoms with van der Waals surface area (Å²) in [7, 11) is -1.90.